The molecule has 1 N–H and O–H groups in total. The van der Waals surface area contributed by atoms with E-state index in [9.17, 15) is 0 Å². The zero-order chi connectivity index (χ0) is 11.4. The molecule has 2 rings (SSSR count). The monoisotopic (exact) mass is 240 g/mol. The summed E-state index contributed by atoms with van der Waals surface area (Å²) in [5.41, 5.74) is 0. The molecule has 0 spiro atoms. The molecule has 1 saturated heterocycles. The van der Waals surface area contributed by atoms with Gasteiger partial charge >= 0.3 is 0 Å². The summed E-state index contributed by atoms with van der Waals surface area (Å²) in [6.45, 7) is 3.27. The lowest BCUT2D eigenvalue weighted by Gasteiger charge is -2.27. The number of aromatic nitrogens is 2. The first kappa shape index (κ1) is 11.6. The third-order valence-corrected chi connectivity index (χ3v) is 3.14. The standard InChI is InChI=1S/C11H17ClN4/c1-16(8-9-3-2-6-13-7-9)11-5-4-10(12)14-15-11/h4-5,9,13H,2-3,6-8H2,1H3. The van der Waals surface area contributed by atoms with Gasteiger partial charge in [-0.3, -0.25) is 0 Å². The van der Waals surface area contributed by atoms with Gasteiger partial charge in [0.05, 0.1) is 0 Å². The van der Waals surface area contributed by atoms with Gasteiger partial charge in [-0.2, -0.15) is 0 Å². The van der Waals surface area contributed by atoms with Crippen molar-refractivity contribution in [3.8, 4) is 0 Å². The highest BCUT2D eigenvalue weighted by atomic mass is 35.5. The molecule has 1 fully saturated rings. The van der Waals surface area contributed by atoms with Gasteiger partial charge in [0, 0.05) is 13.6 Å². The van der Waals surface area contributed by atoms with E-state index in [2.05, 4.69) is 20.4 Å². The highest BCUT2D eigenvalue weighted by Crippen LogP contribution is 2.15. The molecule has 0 amide bonds. The first-order valence-electron chi connectivity index (χ1n) is 5.67. The number of hydrogen-bond acceptors (Lipinski definition) is 4. The highest BCUT2D eigenvalue weighted by Gasteiger charge is 2.15. The number of nitrogens with zero attached hydrogens (tertiary/aromatic N) is 3. The Morgan fingerprint density at radius 3 is 3.00 bits per heavy atom. The second kappa shape index (κ2) is 5.46. The van der Waals surface area contributed by atoms with Crippen LogP contribution >= 0.6 is 11.6 Å². The van der Waals surface area contributed by atoms with Crippen LogP contribution in [0.25, 0.3) is 0 Å². The molecule has 1 aromatic rings. The van der Waals surface area contributed by atoms with Gasteiger partial charge in [0.25, 0.3) is 0 Å². The number of piperidine rings is 1. The second-order valence-corrected chi connectivity index (χ2v) is 4.69. The quantitative estimate of drug-likeness (QED) is 0.871. The average Bonchev–Trinajstić information content (AvgIpc) is 2.31. The van der Waals surface area contributed by atoms with Crippen LogP contribution in [0.1, 0.15) is 12.8 Å². The minimum absolute atomic E-state index is 0.441. The van der Waals surface area contributed by atoms with Gasteiger partial charge in [-0.1, -0.05) is 11.6 Å². The lowest BCUT2D eigenvalue weighted by Crippen LogP contribution is -2.37. The number of halogens is 1. The summed E-state index contributed by atoms with van der Waals surface area (Å²) in [4.78, 5) is 2.14. The van der Waals surface area contributed by atoms with Gasteiger partial charge in [0.1, 0.15) is 0 Å². The molecule has 1 aromatic heterocycles. The summed E-state index contributed by atoms with van der Waals surface area (Å²) in [5, 5.41) is 11.8. The van der Waals surface area contributed by atoms with Crippen LogP contribution in [-0.2, 0) is 0 Å². The Kier molecular flexibility index (Phi) is 3.96. The van der Waals surface area contributed by atoms with E-state index in [1.165, 1.54) is 12.8 Å². The molecule has 0 bridgehead atoms. The summed E-state index contributed by atoms with van der Waals surface area (Å²) in [5.74, 6) is 1.59. The van der Waals surface area contributed by atoms with Crippen LogP contribution < -0.4 is 10.2 Å². The van der Waals surface area contributed by atoms with Crippen molar-refractivity contribution >= 4 is 17.4 Å². The van der Waals surface area contributed by atoms with Crippen molar-refractivity contribution in [2.75, 3.05) is 31.6 Å². The molecule has 0 aliphatic carbocycles. The summed E-state index contributed by atoms with van der Waals surface area (Å²) < 4.78 is 0. The molecule has 16 heavy (non-hydrogen) atoms. The Bertz CT molecular complexity index is 321. The minimum Gasteiger partial charge on any atom is -0.358 e. The van der Waals surface area contributed by atoms with Crippen LogP contribution in [0.5, 0.6) is 0 Å². The minimum atomic E-state index is 0.441. The number of rotatable bonds is 3. The zero-order valence-corrected chi connectivity index (χ0v) is 10.2. The molecule has 88 valence electrons. The van der Waals surface area contributed by atoms with Gasteiger partial charge in [-0.25, -0.2) is 0 Å². The van der Waals surface area contributed by atoms with Gasteiger partial charge in [0.2, 0.25) is 0 Å². The van der Waals surface area contributed by atoms with Crippen molar-refractivity contribution in [3.05, 3.63) is 17.3 Å². The maximum absolute atomic E-state index is 5.71. The van der Waals surface area contributed by atoms with Gasteiger partial charge in [-0.05, 0) is 44.0 Å². The molecule has 5 heteroatoms. The largest absolute Gasteiger partial charge is 0.358 e. The summed E-state index contributed by atoms with van der Waals surface area (Å²) in [6, 6.07) is 3.69. The maximum atomic E-state index is 5.71. The normalized spacial score (nSPS) is 20.8. The lowest BCUT2D eigenvalue weighted by molar-refractivity contribution is 0.380. The predicted molar refractivity (Wildman–Crippen MR) is 65.9 cm³/mol. The molecular formula is C11H17ClN4. The van der Waals surface area contributed by atoms with Gasteiger partial charge in [-0.15, -0.1) is 10.2 Å². The van der Waals surface area contributed by atoms with Crippen molar-refractivity contribution in [1.82, 2.24) is 15.5 Å². The third-order valence-electron chi connectivity index (χ3n) is 2.94. The average molecular weight is 241 g/mol. The molecule has 0 aromatic carbocycles. The van der Waals surface area contributed by atoms with Crippen LogP contribution in [0, 0.1) is 5.92 Å². The number of hydrogen-bond donors (Lipinski definition) is 1. The van der Waals surface area contributed by atoms with E-state index in [0.29, 0.717) is 11.1 Å². The van der Waals surface area contributed by atoms with Crippen LogP contribution in [-0.4, -0.2) is 36.9 Å². The lowest BCUT2D eigenvalue weighted by atomic mass is 9.99. The first-order valence-corrected chi connectivity index (χ1v) is 6.04. The van der Waals surface area contributed by atoms with Crippen LogP contribution in [0.15, 0.2) is 12.1 Å². The maximum Gasteiger partial charge on any atom is 0.151 e. The third kappa shape index (κ3) is 3.06. The Labute approximate surface area is 101 Å². The SMILES string of the molecule is CN(CC1CCCNC1)c1ccc(Cl)nn1. The Morgan fingerprint density at radius 1 is 1.50 bits per heavy atom. The Balaban J connectivity index is 1.91. The fraction of sp³-hybridized carbons (Fsp3) is 0.636. The van der Waals surface area contributed by atoms with E-state index in [1.807, 2.05) is 13.1 Å². The Morgan fingerprint density at radius 2 is 2.38 bits per heavy atom. The summed E-state index contributed by atoms with van der Waals surface area (Å²) >= 11 is 5.71. The first-order chi connectivity index (χ1) is 7.75. The van der Waals surface area contributed by atoms with Crippen LogP contribution in [0.2, 0.25) is 5.15 Å². The van der Waals surface area contributed by atoms with Gasteiger partial charge in [0.15, 0.2) is 11.0 Å². The van der Waals surface area contributed by atoms with Crippen molar-refractivity contribution in [1.29, 1.82) is 0 Å². The van der Waals surface area contributed by atoms with E-state index >= 15 is 0 Å². The number of anilines is 1. The highest BCUT2D eigenvalue weighted by molar-refractivity contribution is 6.29. The predicted octanol–water partition coefficient (Wildman–Crippen LogP) is 1.57. The van der Waals surface area contributed by atoms with Crippen LogP contribution in [0.3, 0.4) is 0 Å². The van der Waals surface area contributed by atoms with Gasteiger partial charge < -0.3 is 10.2 Å². The fourth-order valence-corrected chi connectivity index (χ4v) is 2.17. The molecule has 1 aliphatic rings. The van der Waals surface area contributed by atoms with Crippen molar-refractivity contribution in [3.63, 3.8) is 0 Å². The molecule has 2 heterocycles. The molecule has 1 atom stereocenters. The molecule has 4 nitrogen and oxygen atoms in total. The van der Waals surface area contributed by atoms with E-state index in [1.54, 1.807) is 6.07 Å². The molecule has 1 unspecified atom stereocenters. The molecule has 0 saturated carbocycles. The van der Waals surface area contributed by atoms with E-state index in [-0.39, 0.29) is 0 Å². The van der Waals surface area contributed by atoms with E-state index < -0.39 is 0 Å². The summed E-state index contributed by atoms with van der Waals surface area (Å²) in [7, 11) is 2.05. The summed E-state index contributed by atoms with van der Waals surface area (Å²) in [6.07, 6.45) is 2.56. The number of nitrogens with one attached hydrogen (secondary N) is 1. The molecule has 0 radical (unpaired) electrons. The Hall–Kier alpha value is -0.870. The van der Waals surface area contributed by atoms with Crippen molar-refractivity contribution < 1.29 is 0 Å². The fourth-order valence-electron chi connectivity index (χ4n) is 2.07. The topological polar surface area (TPSA) is 41.0 Å². The smallest absolute Gasteiger partial charge is 0.151 e. The van der Waals surface area contributed by atoms with Crippen LogP contribution in [0.4, 0.5) is 5.82 Å². The van der Waals surface area contributed by atoms with E-state index in [4.69, 9.17) is 11.6 Å². The molecular weight excluding hydrogens is 224 g/mol. The van der Waals surface area contributed by atoms with E-state index in [0.717, 1.165) is 25.5 Å². The van der Waals surface area contributed by atoms with Crippen molar-refractivity contribution in [2.24, 2.45) is 5.92 Å². The molecule has 1 aliphatic heterocycles. The van der Waals surface area contributed by atoms with Crippen molar-refractivity contribution in [2.45, 2.75) is 12.8 Å². The zero-order valence-electron chi connectivity index (χ0n) is 9.49. The second-order valence-electron chi connectivity index (χ2n) is 4.31.